The number of fused-ring (bicyclic) bond motifs is 6. The number of benzene rings is 6. The van der Waals surface area contributed by atoms with Gasteiger partial charge in [0.1, 0.15) is 35.8 Å². The number of hydrogen-bond acceptors (Lipinski definition) is 12. The SMILES string of the molecule is CC(C)c1c(CCC(=O)OC2O[C@@H](C(=O)O)[C@H](O)[C@@H](O)[C@@H]2O)c2cc3[nH]ncc3cc2n1-c1ccc(F)cc1.[2H]C([2H])(C(=O)O)C([2H])([2H])c1c(C(C)C)n(-c2ccc(F)cc2)c2cc3cn[nH]c3cc12.[2H]C([2H])(Cc1c(C(C)C)n(-c2ccc(F)cc2)c2cc3cn[nH]c3cc12)C(=O)O. The van der Waals surface area contributed by atoms with Gasteiger partial charge >= 0.3 is 23.9 Å². The Labute approximate surface area is 537 Å². The van der Waals surface area contributed by atoms with E-state index in [1.54, 1.807) is 71.7 Å². The summed E-state index contributed by atoms with van der Waals surface area (Å²) in [5.41, 5.74) is 9.93. The molecule has 0 bridgehead atoms. The second-order valence-electron chi connectivity index (χ2n) is 23.3. The van der Waals surface area contributed by atoms with E-state index in [2.05, 4.69) is 30.6 Å². The molecule has 24 heteroatoms. The van der Waals surface area contributed by atoms with Crippen molar-refractivity contribution in [3.05, 3.63) is 179 Å². The molecule has 482 valence electrons. The zero-order valence-corrected chi connectivity index (χ0v) is 50.8. The number of rotatable bonds is 17. The standard InChI is InChI=1S/C27H28FN3O8.2C21H20FN3O2/c1-12(2)21-16(7-8-20(32)38-27-24(35)22(33)23(34)25(39-27)26(36)37)17-10-18-13(11-29-30-18)9-19(17)31(21)15-5-3-14(28)4-6-15;2*1-12(2)21-16(7-8-20(26)27)17-10-18-13(11-23-24-18)9-19(17)25(21)15-5-3-14(22)4-6-15/h3-6,9-12,22-25,27,33-35H,7-8H2,1-2H3,(H,29,30)(H,36,37);2*3-6,9-12H,7-8H2,1-2H3,(H,23,24)(H,26,27)/t22-,23-,24+,25-,27?;;/m1../s1/i;7D2,8D2;8D2. The second kappa shape index (κ2) is 26.6. The van der Waals surface area contributed by atoms with Crippen LogP contribution in [0, 0.1) is 17.5 Å². The number of carbonyl (C=O) groups is 4. The Morgan fingerprint density at radius 3 is 1.26 bits per heavy atom. The summed E-state index contributed by atoms with van der Waals surface area (Å²) in [4.78, 5) is 47.3. The van der Waals surface area contributed by atoms with Crippen molar-refractivity contribution in [2.24, 2.45) is 0 Å². The van der Waals surface area contributed by atoms with Crippen molar-refractivity contribution in [2.75, 3.05) is 0 Å². The van der Waals surface area contributed by atoms with Gasteiger partial charge in [0.05, 0.1) is 51.7 Å². The molecule has 21 nitrogen and oxygen atoms in total. The van der Waals surface area contributed by atoms with Crippen molar-refractivity contribution in [1.29, 1.82) is 0 Å². The summed E-state index contributed by atoms with van der Waals surface area (Å²) >= 11 is 0. The molecule has 6 aromatic heterocycles. The lowest BCUT2D eigenvalue weighted by Gasteiger charge is -2.37. The number of aromatic nitrogens is 9. The highest BCUT2D eigenvalue weighted by molar-refractivity contribution is 6.01. The van der Waals surface area contributed by atoms with Crippen molar-refractivity contribution in [2.45, 2.75) is 128 Å². The number of ether oxygens (including phenoxy) is 2. The van der Waals surface area contributed by atoms with E-state index in [-0.39, 0.29) is 54.2 Å². The third-order valence-corrected chi connectivity index (χ3v) is 16.2. The van der Waals surface area contributed by atoms with Crippen LogP contribution in [0.15, 0.2) is 128 Å². The second-order valence-corrected chi connectivity index (χ2v) is 23.3. The number of halogens is 3. The first-order chi connectivity index (χ1) is 46.7. The van der Waals surface area contributed by atoms with Gasteiger partial charge in [0.15, 0.2) is 6.10 Å². The van der Waals surface area contributed by atoms with Crippen LogP contribution >= 0.6 is 0 Å². The lowest BCUT2D eigenvalue weighted by Crippen LogP contribution is -2.60. The number of hydrogen-bond donors (Lipinski definition) is 9. The maximum Gasteiger partial charge on any atom is 0.335 e. The molecule has 0 amide bonds. The number of aryl methyl sites for hydroxylation is 3. The summed E-state index contributed by atoms with van der Waals surface area (Å²) < 4.78 is 106. The molecule has 0 saturated carbocycles. The van der Waals surface area contributed by atoms with Gasteiger partial charge in [-0.05, 0) is 163 Å². The predicted molar refractivity (Wildman–Crippen MR) is 342 cm³/mol. The molecular formula is C69H68F3N9O12. The van der Waals surface area contributed by atoms with Crippen LogP contribution in [0.5, 0.6) is 0 Å². The number of esters is 1. The molecular weight excluding hydrogens is 1200 g/mol. The lowest BCUT2D eigenvalue weighted by atomic mass is 9.98. The molecule has 1 saturated heterocycles. The maximum absolute atomic E-state index is 13.7. The number of carboxylic acid groups (broad SMARTS) is 3. The third kappa shape index (κ3) is 12.9. The van der Waals surface area contributed by atoms with Gasteiger partial charge < -0.3 is 53.8 Å². The minimum absolute atomic E-state index is 0.00130. The molecule has 1 aliphatic heterocycles. The van der Waals surface area contributed by atoms with Crippen LogP contribution in [0.1, 0.15) is 120 Å². The fraction of sp³-hybridized carbons (Fsp3) is 0.290. The number of nitrogens with zero attached hydrogens (tertiary/aromatic N) is 6. The number of H-pyrrole nitrogens is 3. The Hall–Kier alpha value is -10.1. The van der Waals surface area contributed by atoms with Crippen LogP contribution in [0.4, 0.5) is 13.2 Å². The number of aliphatic hydroxyl groups excluding tert-OH is 3. The average molecular weight is 1280 g/mol. The summed E-state index contributed by atoms with van der Waals surface area (Å²) in [6, 6.07) is 29.0. The Bertz CT molecular complexity index is 5070. The van der Waals surface area contributed by atoms with Gasteiger partial charge in [-0.15, -0.1) is 0 Å². The number of aromatic amines is 3. The van der Waals surface area contributed by atoms with Gasteiger partial charge in [-0.25, -0.2) is 18.0 Å². The average Bonchev–Trinajstić information content (AvgIpc) is 1.55. The van der Waals surface area contributed by atoms with Crippen LogP contribution in [0.2, 0.25) is 0 Å². The van der Waals surface area contributed by atoms with E-state index < -0.39 is 79.5 Å². The molecule has 9 N–H and O–H groups in total. The summed E-state index contributed by atoms with van der Waals surface area (Å²) in [6.07, 6.45) is -12.9. The van der Waals surface area contributed by atoms with E-state index >= 15 is 0 Å². The van der Waals surface area contributed by atoms with Gasteiger partial charge in [-0.1, -0.05) is 41.5 Å². The Morgan fingerprint density at radius 2 is 0.892 bits per heavy atom. The summed E-state index contributed by atoms with van der Waals surface area (Å²) in [5.74, 6) is -7.24. The molecule has 1 aliphatic rings. The van der Waals surface area contributed by atoms with Crippen LogP contribution < -0.4 is 0 Å². The minimum atomic E-state index is -3.19. The molecule has 13 rings (SSSR count). The molecule has 1 unspecified atom stereocenters. The highest BCUT2D eigenvalue weighted by Crippen LogP contribution is 2.41. The monoisotopic (exact) mass is 1280 g/mol. The zero-order chi connectivity index (χ0) is 71.6. The fourth-order valence-corrected chi connectivity index (χ4v) is 12.2. The fourth-order valence-electron chi connectivity index (χ4n) is 12.2. The summed E-state index contributed by atoms with van der Waals surface area (Å²) in [6.45, 7) is 11.6. The van der Waals surface area contributed by atoms with Gasteiger partial charge in [0.25, 0.3) is 0 Å². The number of carboxylic acids is 3. The molecule has 12 aromatic rings. The quantitative estimate of drug-likeness (QED) is 0.0383. The normalized spacial score (nSPS) is 18.1. The smallest absolute Gasteiger partial charge is 0.335 e. The number of carbonyl (C=O) groups excluding carboxylic acids is 1. The summed E-state index contributed by atoms with van der Waals surface area (Å²) in [5, 5.41) is 83.4. The van der Waals surface area contributed by atoms with Crippen LogP contribution in [0.25, 0.3) is 82.5 Å². The highest BCUT2D eigenvalue weighted by atomic mass is 19.1. The summed E-state index contributed by atoms with van der Waals surface area (Å²) in [7, 11) is 0. The van der Waals surface area contributed by atoms with Crippen molar-refractivity contribution < 1.29 is 80.7 Å². The zero-order valence-electron chi connectivity index (χ0n) is 56.8. The van der Waals surface area contributed by atoms with E-state index in [4.69, 9.17) is 17.7 Å². The van der Waals surface area contributed by atoms with E-state index in [0.717, 1.165) is 77.3 Å². The van der Waals surface area contributed by atoms with Crippen molar-refractivity contribution in [1.82, 2.24) is 44.3 Å². The predicted octanol–water partition coefficient (Wildman–Crippen LogP) is 11.7. The van der Waals surface area contributed by atoms with Crippen LogP contribution in [-0.4, -0.2) is 130 Å². The van der Waals surface area contributed by atoms with Crippen molar-refractivity contribution in [3.8, 4) is 17.1 Å². The van der Waals surface area contributed by atoms with Gasteiger partial charge in [-0.2, -0.15) is 15.3 Å². The molecule has 6 aromatic carbocycles. The molecule has 0 spiro atoms. The van der Waals surface area contributed by atoms with Crippen LogP contribution in [-0.2, 0) is 47.9 Å². The van der Waals surface area contributed by atoms with Crippen LogP contribution in [0.3, 0.4) is 0 Å². The Balaban J connectivity index is 0.000000152. The van der Waals surface area contributed by atoms with E-state index in [1.807, 2.05) is 74.9 Å². The number of aliphatic hydroxyl groups is 3. The lowest BCUT2D eigenvalue weighted by molar-refractivity contribution is -0.286. The largest absolute Gasteiger partial charge is 0.481 e. The van der Waals surface area contributed by atoms with Gasteiger partial charge in [-0.3, -0.25) is 29.7 Å². The first kappa shape index (κ1) is 56.8. The topological polar surface area (TPSA) is 309 Å². The minimum Gasteiger partial charge on any atom is -0.481 e. The molecule has 7 heterocycles. The molecule has 0 aliphatic carbocycles. The van der Waals surface area contributed by atoms with Gasteiger partial charge in [0.2, 0.25) is 6.29 Å². The van der Waals surface area contributed by atoms with Gasteiger partial charge in [0, 0.05) is 93.9 Å². The maximum atomic E-state index is 13.7. The number of nitrogens with one attached hydrogen (secondary N) is 3. The van der Waals surface area contributed by atoms with E-state index in [1.165, 1.54) is 36.4 Å². The third-order valence-electron chi connectivity index (χ3n) is 16.2. The first-order valence-corrected chi connectivity index (χ1v) is 29.6. The van der Waals surface area contributed by atoms with Crippen molar-refractivity contribution >= 4 is 89.3 Å². The Morgan fingerprint density at radius 1 is 0.527 bits per heavy atom. The first-order valence-electron chi connectivity index (χ1n) is 32.6. The molecule has 5 atom stereocenters. The number of aliphatic carboxylic acids is 3. The van der Waals surface area contributed by atoms with Crippen molar-refractivity contribution in [3.63, 3.8) is 0 Å². The molecule has 93 heavy (non-hydrogen) atoms. The molecule has 1 fully saturated rings. The van der Waals surface area contributed by atoms with E-state index in [0.29, 0.717) is 33.4 Å². The van der Waals surface area contributed by atoms with E-state index in [9.17, 15) is 63.0 Å². The molecule has 0 radical (unpaired) electrons. The Kier molecular flexibility index (Phi) is 16.2. The highest BCUT2D eigenvalue weighted by Gasteiger charge is 2.48.